The number of urea groups is 1. The van der Waals surface area contributed by atoms with Crippen LogP contribution < -0.4 is 10.6 Å². The van der Waals surface area contributed by atoms with Crippen molar-refractivity contribution in [1.29, 1.82) is 0 Å². The summed E-state index contributed by atoms with van der Waals surface area (Å²) in [4.78, 5) is 31.0. The lowest BCUT2D eigenvalue weighted by Gasteiger charge is -2.32. The highest BCUT2D eigenvalue weighted by Gasteiger charge is 2.24. The van der Waals surface area contributed by atoms with Gasteiger partial charge in [0.1, 0.15) is 0 Å². The number of nitrogens with zero attached hydrogens (tertiary/aromatic N) is 5. The predicted molar refractivity (Wildman–Crippen MR) is 118 cm³/mol. The van der Waals surface area contributed by atoms with Gasteiger partial charge < -0.3 is 20.1 Å². The van der Waals surface area contributed by atoms with Gasteiger partial charge in [-0.2, -0.15) is 10.1 Å². The fourth-order valence-corrected chi connectivity index (χ4v) is 3.52. The first-order valence-electron chi connectivity index (χ1n) is 10.7. The summed E-state index contributed by atoms with van der Waals surface area (Å²) < 4.78 is 6.90. The second kappa shape index (κ2) is 9.21. The topological polar surface area (TPSA) is 118 Å². The summed E-state index contributed by atoms with van der Waals surface area (Å²) in [6, 6.07) is 7.19. The van der Waals surface area contributed by atoms with E-state index in [1.165, 1.54) is 0 Å². The molecule has 0 atom stereocenters. The van der Waals surface area contributed by atoms with Crippen LogP contribution in [0.15, 0.2) is 41.2 Å². The number of amides is 3. The van der Waals surface area contributed by atoms with Gasteiger partial charge in [0.2, 0.25) is 0 Å². The number of carbonyl (C=O) groups excluding carboxylic acids is 2. The van der Waals surface area contributed by atoms with Crippen molar-refractivity contribution in [3.63, 3.8) is 0 Å². The summed E-state index contributed by atoms with van der Waals surface area (Å²) in [6.07, 6.45) is 4.64. The van der Waals surface area contributed by atoms with Crippen LogP contribution in [0.25, 0.3) is 11.5 Å². The molecule has 2 N–H and O–H groups in total. The maximum atomic E-state index is 12.6. The predicted octanol–water partition coefficient (Wildman–Crippen LogP) is 3.02. The lowest BCUT2D eigenvalue weighted by atomic mass is 10.0. The van der Waals surface area contributed by atoms with Crippen molar-refractivity contribution in [2.75, 3.05) is 18.4 Å². The van der Waals surface area contributed by atoms with Crippen LogP contribution >= 0.6 is 0 Å². The molecule has 1 fully saturated rings. The van der Waals surface area contributed by atoms with Gasteiger partial charge >= 0.3 is 6.03 Å². The Balaban J connectivity index is 1.27. The van der Waals surface area contributed by atoms with Crippen LogP contribution in [0.4, 0.5) is 10.5 Å². The van der Waals surface area contributed by atoms with Crippen LogP contribution in [0.5, 0.6) is 0 Å². The molecule has 0 radical (unpaired) electrons. The zero-order chi connectivity index (χ0) is 22.7. The molecule has 3 amide bonds. The van der Waals surface area contributed by atoms with Crippen molar-refractivity contribution in [1.82, 2.24) is 30.1 Å². The van der Waals surface area contributed by atoms with Crippen molar-refractivity contribution >= 4 is 17.6 Å². The van der Waals surface area contributed by atoms with E-state index in [1.54, 1.807) is 29.0 Å². The number of hydrogen-bond donors (Lipinski definition) is 2. The Morgan fingerprint density at radius 2 is 1.88 bits per heavy atom. The molecular weight excluding hydrogens is 410 g/mol. The van der Waals surface area contributed by atoms with Gasteiger partial charge in [-0.3, -0.25) is 9.48 Å². The number of likely N-dealkylation sites (tertiary alicyclic amines) is 1. The molecule has 1 saturated heterocycles. The van der Waals surface area contributed by atoms with E-state index in [2.05, 4.69) is 25.9 Å². The third kappa shape index (κ3) is 4.96. The summed E-state index contributed by atoms with van der Waals surface area (Å²) in [7, 11) is 1.77. The van der Waals surface area contributed by atoms with Crippen LogP contribution in [0.2, 0.25) is 0 Å². The number of nitrogens with one attached hydrogen (secondary N) is 2. The normalized spacial score (nSPS) is 14.6. The Bertz CT molecular complexity index is 1080. The summed E-state index contributed by atoms with van der Waals surface area (Å²) in [6.45, 7) is 5.15. The Kier molecular flexibility index (Phi) is 6.20. The summed E-state index contributed by atoms with van der Waals surface area (Å²) in [5.74, 6) is 1.18. The second-order valence-corrected chi connectivity index (χ2v) is 8.26. The molecule has 1 aliphatic heterocycles. The number of rotatable bonds is 5. The first-order valence-corrected chi connectivity index (χ1v) is 10.7. The minimum Gasteiger partial charge on any atom is -0.349 e. The SMILES string of the molecule is CC(C)c1noc(-c2ccc(NC(=O)N3CCC(NC(=O)c4cnn(C)c4)CC3)cc2)n1. The molecule has 0 bridgehead atoms. The first kappa shape index (κ1) is 21.5. The first-order chi connectivity index (χ1) is 15.4. The molecule has 10 nitrogen and oxygen atoms in total. The number of aryl methyl sites for hydroxylation is 1. The Morgan fingerprint density at radius 1 is 1.16 bits per heavy atom. The van der Waals surface area contributed by atoms with Crippen molar-refractivity contribution in [3.05, 3.63) is 48.0 Å². The number of carbonyl (C=O) groups is 2. The Labute approximate surface area is 186 Å². The van der Waals surface area contributed by atoms with E-state index in [1.807, 2.05) is 38.1 Å². The van der Waals surface area contributed by atoms with Crippen LogP contribution in [0.3, 0.4) is 0 Å². The maximum Gasteiger partial charge on any atom is 0.321 e. The van der Waals surface area contributed by atoms with Crippen molar-refractivity contribution in [2.45, 2.75) is 38.6 Å². The molecule has 168 valence electrons. The molecular formula is C22H27N7O3. The number of hydrogen-bond acceptors (Lipinski definition) is 6. The van der Waals surface area contributed by atoms with Gasteiger partial charge in [0.05, 0.1) is 11.8 Å². The van der Waals surface area contributed by atoms with E-state index in [9.17, 15) is 9.59 Å². The molecule has 0 unspecified atom stereocenters. The number of benzene rings is 1. The molecule has 4 rings (SSSR count). The van der Waals surface area contributed by atoms with Crippen LogP contribution in [0, 0.1) is 0 Å². The minimum atomic E-state index is -0.158. The molecule has 0 saturated carbocycles. The highest BCUT2D eigenvalue weighted by atomic mass is 16.5. The summed E-state index contributed by atoms with van der Waals surface area (Å²) in [5, 5.41) is 13.9. The van der Waals surface area contributed by atoms with E-state index in [4.69, 9.17) is 4.52 Å². The Hall–Kier alpha value is -3.69. The average Bonchev–Trinajstić information content (AvgIpc) is 3.44. The van der Waals surface area contributed by atoms with Gasteiger partial charge in [-0.05, 0) is 37.1 Å². The molecule has 3 heterocycles. The zero-order valence-corrected chi connectivity index (χ0v) is 18.4. The number of piperidine rings is 1. The van der Waals surface area contributed by atoms with E-state index in [0.717, 1.165) is 5.56 Å². The van der Waals surface area contributed by atoms with Gasteiger partial charge in [-0.25, -0.2) is 4.79 Å². The average molecular weight is 438 g/mol. The molecule has 1 aliphatic rings. The molecule has 32 heavy (non-hydrogen) atoms. The van der Waals surface area contributed by atoms with Crippen molar-refractivity contribution < 1.29 is 14.1 Å². The fraction of sp³-hybridized carbons (Fsp3) is 0.409. The number of anilines is 1. The van der Waals surface area contributed by atoms with Crippen LogP contribution in [0.1, 0.15) is 48.8 Å². The standard InChI is InChI=1S/C22H27N7O3/c1-14(2)19-26-21(32-27-19)15-4-6-17(7-5-15)25-22(31)29-10-8-18(9-11-29)24-20(30)16-12-23-28(3)13-16/h4-7,12-14,18H,8-11H2,1-3H3,(H,24,30)(H,25,31). The zero-order valence-electron chi connectivity index (χ0n) is 18.4. The van der Waals surface area contributed by atoms with Crippen molar-refractivity contribution in [2.24, 2.45) is 7.05 Å². The molecule has 2 aromatic heterocycles. The highest BCUT2D eigenvalue weighted by Crippen LogP contribution is 2.22. The minimum absolute atomic E-state index is 0.0381. The number of aromatic nitrogens is 4. The lowest BCUT2D eigenvalue weighted by molar-refractivity contribution is 0.0919. The summed E-state index contributed by atoms with van der Waals surface area (Å²) in [5.41, 5.74) is 2.03. The molecule has 0 spiro atoms. The highest BCUT2D eigenvalue weighted by molar-refractivity contribution is 5.94. The van der Waals surface area contributed by atoms with Gasteiger partial charge in [0.15, 0.2) is 5.82 Å². The van der Waals surface area contributed by atoms with E-state index in [-0.39, 0.29) is 23.9 Å². The van der Waals surface area contributed by atoms with E-state index < -0.39 is 0 Å². The van der Waals surface area contributed by atoms with Gasteiger partial charge in [0, 0.05) is 49.5 Å². The van der Waals surface area contributed by atoms with E-state index in [0.29, 0.717) is 48.9 Å². The second-order valence-electron chi connectivity index (χ2n) is 8.26. The van der Waals surface area contributed by atoms with Gasteiger partial charge in [-0.1, -0.05) is 19.0 Å². The smallest absolute Gasteiger partial charge is 0.321 e. The quantitative estimate of drug-likeness (QED) is 0.633. The summed E-state index contributed by atoms with van der Waals surface area (Å²) >= 11 is 0. The fourth-order valence-electron chi connectivity index (χ4n) is 3.52. The van der Waals surface area contributed by atoms with Crippen LogP contribution in [-0.4, -0.2) is 55.9 Å². The molecule has 3 aromatic rings. The lowest BCUT2D eigenvalue weighted by Crippen LogP contribution is -2.47. The van der Waals surface area contributed by atoms with E-state index >= 15 is 0 Å². The largest absolute Gasteiger partial charge is 0.349 e. The van der Waals surface area contributed by atoms with Gasteiger partial charge in [-0.15, -0.1) is 0 Å². The molecule has 0 aliphatic carbocycles. The molecule has 10 heteroatoms. The Morgan fingerprint density at radius 3 is 2.47 bits per heavy atom. The third-order valence-electron chi connectivity index (χ3n) is 5.43. The maximum absolute atomic E-state index is 12.6. The monoisotopic (exact) mass is 437 g/mol. The van der Waals surface area contributed by atoms with Gasteiger partial charge in [0.25, 0.3) is 11.8 Å². The molecule has 1 aromatic carbocycles. The third-order valence-corrected chi connectivity index (χ3v) is 5.43. The van der Waals surface area contributed by atoms with Crippen molar-refractivity contribution in [3.8, 4) is 11.5 Å². The van der Waals surface area contributed by atoms with Crippen LogP contribution in [-0.2, 0) is 7.05 Å².